The number of amides is 2. The number of ether oxygens (including phenoxy) is 2. The summed E-state index contributed by atoms with van der Waals surface area (Å²) >= 11 is 0. The van der Waals surface area contributed by atoms with Crippen LogP contribution in [0.1, 0.15) is 45.6 Å². The van der Waals surface area contributed by atoms with Crippen LogP contribution in [0.25, 0.3) is 11.4 Å². The first-order valence-electron chi connectivity index (χ1n) is 10.6. The standard InChI is InChI=1S/C22H30N6O5/c1-22(2,3)33-21(31)26-17(20(30)32-4)7-5-6-12-23-18(29)13-15-8-10-16(11-9-15)19-27-24-14-25-28-19/h8-11,14,17H,5-7,12-13H2,1-4H3,(H,23,29)(H,26,31)/t17-/m1/s1. The zero-order valence-electron chi connectivity index (χ0n) is 19.3. The Kier molecular flexibility index (Phi) is 9.64. The van der Waals surface area contributed by atoms with Gasteiger partial charge in [0, 0.05) is 12.1 Å². The number of carbonyl (C=O) groups is 3. The zero-order valence-corrected chi connectivity index (χ0v) is 19.3. The summed E-state index contributed by atoms with van der Waals surface area (Å²) in [7, 11) is 1.26. The van der Waals surface area contributed by atoms with E-state index in [2.05, 4.69) is 31.0 Å². The molecule has 11 heteroatoms. The van der Waals surface area contributed by atoms with Crippen molar-refractivity contribution < 1.29 is 23.9 Å². The van der Waals surface area contributed by atoms with Crippen LogP contribution in [-0.2, 0) is 25.5 Å². The fourth-order valence-electron chi connectivity index (χ4n) is 2.88. The maximum Gasteiger partial charge on any atom is 0.408 e. The van der Waals surface area contributed by atoms with Crippen molar-refractivity contribution in [1.29, 1.82) is 0 Å². The van der Waals surface area contributed by atoms with Gasteiger partial charge in [0.15, 0.2) is 6.33 Å². The van der Waals surface area contributed by atoms with E-state index >= 15 is 0 Å². The lowest BCUT2D eigenvalue weighted by Crippen LogP contribution is -2.44. The van der Waals surface area contributed by atoms with Gasteiger partial charge < -0.3 is 20.1 Å². The van der Waals surface area contributed by atoms with Crippen LogP contribution in [0.15, 0.2) is 30.6 Å². The number of methoxy groups -OCH3 is 1. The Bertz CT molecular complexity index is 915. The van der Waals surface area contributed by atoms with Gasteiger partial charge in [0.1, 0.15) is 11.6 Å². The van der Waals surface area contributed by atoms with Crippen LogP contribution in [0, 0.1) is 0 Å². The van der Waals surface area contributed by atoms with Crippen LogP contribution in [0.5, 0.6) is 0 Å². The largest absolute Gasteiger partial charge is 0.467 e. The summed E-state index contributed by atoms with van der Waals surface area (Å²) in [6.07, 6.45) is 2.42. The molecule has 33 heavy (non-hydrogen) atoms. The quantitative estimate of drug-likeness (QED) is 0.402. The van der Waals surface area contributed by atoms with Gasteiger partial charge in [-0.1, -0.05) is 24.3 Å². The molecule has 2 N–H and O–H groups in total. The van der Waals surface area contributed by atoms with E-state index in [4.69, 9.17) is 9.47 Å². The van der Waals surface area contributed by atoms with E-state index in [1.165, 1.54) is 13.4 Å². The van der Waals surface area contributed by atoms with Crippen LogP contribution in [0.2, 0.25) is 0 Å². The molecule has 0 fully saturated rings. The van der Waals surface area contributed by atoms with Crippen LogP contribution >= 0.6 is 0 Å². The van der Waals surface area contributed by atoms with Gasteiger partial charge in [-0.25, -0.2) is 9.59 Å². The number of aromatic nitrogens is 4. The van der Waals surface area contributed by atoms with Gasteiger partial charge >= 0.3 is 12.1 Å². The second kappa shape index (κ2) is 12.4. The van der Waals surface area contributed by atoms with E-state index in [-0.39, 0.29) is 12.3 Å². The van der Waals surface area contributed by atoms with Gasteiger partial charge in [-0.15, -0.1) is 20.4 Å². The molecule has 11 nitrogen and oxygen atoms in total. The minimum atomic E-state index is -0.807. The Morgan fingerprint density at radius 1 is 1.03 bits per heavy atom. The number of carbonyl (C=O) groups excluding carboxylic acids is 3. The smallest absolute Gasteiger partial charge is 0.408 e. The molecule has 0 aliphatic rings. The Hall–Kier alpha value is -3.63. The SMILES string of the molecule is COC(=O)[C@@H](CCCCNC(=O)Cc1ccc(-c2nncnn2)cc1)NC(=O)OC(C)(C)C. The maximum absolute atomic E-state index is 12.2. The van der Waals surface area contributed by atoms with Crippen molar-refractivity contribution in [1.82, 2.24) is 31.0 Å². The molecule has 2 aromatic rings. The first-order valence-corrected chi connectivity index (χ1v) is 10.6. The molecule has 0 bridgehead atoms. The van der Waals surface area contributed by atoms with Gasteiger partial charge in [0.05, 0.1) is 13.5 Å². The Morgan fingerprint density at radius 3 is 2.30 bits per heavy atom. The summed E-state index contributed by atoms with van der Waals surface area (Å²) in [4.78, 5) is 36.1. The molecule has 178 valence electrons. The highest BCUT2D eigenvalue weighted by molar-refractivity contribution is 5.81. The van der Waals surface area contributed by atoms with E-state index in [9.17, 15) is 14.4 Å². The molecule has 0 aliphatic heterocycles. The molecule has 2 rings (SSSR count). The molecule has 2 amide bonds. The highest BCUT2D eigenvalue weighted by atomic mass is 16.6. The lowest BCUT2D eigenvalue weighted by molar-refractivity contribution is -0.143. The van der Waals surface area contributed by atoms with Crippen molar-refractivity contribution in [3.63, 3.8) is 0 Å². The van der Waals surface area contributed by atoms with E-state index in [1.54, 1.807) is 20.8 Å². The molecule has 1 aromatic heterocycles. The highest BCUT2D eigenvalue weighted by Crippen LogP contribution is 2.14. The molecule has 0 saturated carbocycles. The van der Waals surface area contributed by atoms with Crippen LogP contribution in [0.4, 0.5) is 4.79 Å². The number of hydrogen-bond acceptors (Lipinski definition) is 9. The molecule has 0 unspecified atom stereocenters. The molecule has 0 aliphatic carbocycles. The fraction of sp³-hybridized carbons (Fsp3) is 0.500. The lowest BCUT2D eigenvalue weighted by Gasteiger charge is -2.22. The number of unbranched alkanes of at least 4 members (excludes halogenated alkanes) is 1. The number of hydrogen-bond donors (Lipinski definition) is 2. The van der Waals surface area contributed by atoms with Gasteiger partial charge in [-0.05, 0) is 45.6 Å². The van der Waals surface area contributed by atoms with Gasteiger partial charge in [-0.3, -0.25) is 4.79 Å². The second-order valence-corrected chi connectivity index (χ2v) is 8.31. The summed E-state index contributed by atoms with van der Waals surface area (Å²) in [5, 5.41) is 20.6. The average Bonchev–Trinajstić information content (AvgIpc) is 2.77. The van der Waals surface area contributed by atoms with Crippen molar-refractivity contribution >= 4 is 18.0 Å². The minimum Gasteiger partial charge on any atom is -0.467 e. The molecule has 0 radical (unpaired) electrons. The number of nitrogens with zero attached hydrogens (tertiary/aromatic N) is 4. The summed E-state index contributed by atoms with van der Waals surface area (Å²) in [5.41, 5.74) is 0.944. The van der Waals surface area contributed by atoms with Gasteiger partial charge in [-0.2, -0.15) is 0 Å². The Morgan fingerprint density at radius 2 is 1.70 bits per heavy atom. The van der Waals surface area contributed by atoms with Crippen LogP contribution < -0.4 is 10.6 Å². The van der Waals surface area contributed by atoms with Crippen molar-refractivity contribution in [2.24, 2.45) is 0 Å². The number of alkyl carbamates (subject to hydrolysis) is 1. The topological polar surface area (TPSA) is 145 Å². The molecule has 0 spiro atoms. The van der Waals surface area contributed by atoms with E-state index in [0.29, 0.717) is 31.6 Å². The molecule has 1 heterocycles. The summed E-state index contributed by atoms with van der Waals surface area (Å²) in [6.45, 7) is 5.67. The lowest BCUT2D eigenvalue weighted by atomic mass is 10.1. The third-order valence-electron chi connectivity index (χ3n) is 4.40. The van der Waals surface area contributed by atoms with Crippen molar-refractivity contribution in [3.8, 4) is 11.4 Å². The van der Waals surface area contributed by atoms with Gasteiger partial charge in [0.25, 0.3) is 0 Å². The maximum atomic E-state index is 12.2. The summed E-state index contributed by atoms with van der Waals surface area (Å²) in [5.74, 6) is -0.237. The van der Waals surface area contributed by atoms with E-state index in [0.717, 1.165) is 11.1 Å². The minimum absolute atomic E-state index is 0.113. The van der Waals surface area contributed by atoms with Crippen molar-refractivity contribution in [2.75, 3.05) is 13.7 Å². The summed E-state index contributed by atoms with van der Waals surface area (Å²) < 4.78 is 9.93. The van der Waals surface area contributed by atoms with Crippen LogP contribution in [-0.4, -0.2) is 63.7 Å². The van der Waals surface area contributed by atoms with Crippen molar-refractivity contribution in [3.05, 3.63) is 36.2 Å². The zero-order chi connectivity index (χ0) is 24.3. The summed E-state index contributed by atoms with van der Waals surface area (Å²) in [6, 6.07) is 6.47. The molecular weight excluding hydrogens is 428 g/mol. The third kappa shape index (κ3) is 9.58. The first-order chi connectivity index (χ1) is 15.7. The average molecular weight is 459 g/mol. The highest BCUT2D eigenvalue weighted by Gasteiger charge is 2.24. The number of benzene rings is 1. The van der Waals surface area contributed by atoms with Crippen LogP contribution in [0.3, 0.4) is 0 Å². The predicted molar refractivity (Wildman–Crippen MR) is 119 cm³/mol. The monoisotopic (exact) mass is 458 g/mol. The third-order valence-corrected chi connectivity index (χ3v) is 4.40. The number of rotatable bonds is 10. The number of esters is 1. The Balaban J connectivity index is 1.71. The molecule has 0 saturated heterocycles. The number of nitrogens with one attached hydrogen (secondary N) is 2. The fourth-order valence-corrected chi connectivity index (χ4v) is 2.88. The first kappa shape index (κ1) is 25.6. The molecule has 1 atom stereocenters. The predicted octanol–water partition coefficient (Wildman–Crippen LogP) is 1.83. The molecular formula is C22H30N6O5. The van der Waals surface area contributed by atoms with E-state index < -0.39 is 23.7 Å². The van der Waals surface area contributed by atoms with Crippen molar-refractivity contribution in [2.45, 2.75) is 58.1 Å². The van der Waals surface area contributed by atoms with Gasteiger partial charge in [0.2, 0.25) is 11.7 Å². The second-order valence-electron chi connectivity index (χ2n) is 8.31. The molecule has 1 aromatic carbocycles. The normalized spacial score (nSPS) is 11.9. The van der Waals surface area contributed by atoms with E-state index in [1.807, 2.05) is 24.3 Å². The Labute approximate surface area is 192 Å².